The third-order valence-electron chi connectivity index (χ3n) is 8.40. The second kappa shape index (κ2) is 38.0. The Labute approximate surface area is 312 Å². The van der Waals surface area contributed by atoms with Crippen molar-refractivity contribution in [2.24, 2.45) is 5.73 Å². The van der Waals surface area contributed by atoms with E-state index >= 15 is 0 Å². The first-order valence-corrected chi connectivity index (χ1v) is 21.8. The van der Waals surface area contributed by atoms with Crippen LogP contribution in [-0.2, 0) is 27.9 Å². The molecule has 0 aromatic rings. The Morgan fingerprint density at radius 3 is 1.86 bits per heavy atom. The maximum Gasteiger partial charge on any atom is 0.472 e. The summed E-state index contributed by atoms with van der Waals surface area (Å²) in [6.45, 7) is 3.98. The van der Waals surface area contributed by atoms with E-state index in [0.29, 0.717) is 12.8 Å². The normalized spacial score (nSPS) is 14.6. The lowest BCUT2D eigenvalue weighted by Gasteiger charge is -2.19. The van der Waals surface area contributed by atoms with Gasteiger partial charge in [0.05, 0.1) is 25.6 Å². The summed E-state index contributed by atoms with van der Waals surface area (Å²) in [5, 5.41) is 9.86. The fourth-order valence-electron chi connectivity index (χ4n) is 5.41. The van der Waals surface area contributed by atoms with E-state index in [0.717, 1.165) is 51.4 Å². The van der Waals surface area contributed by atoms with Gasteiger partial charge in [-0.2, -0.15) is 0 Å². The van der Waals surface area contributed by atoms with Gasteiger partial charge in [-0.3, -0.25) is 13.8 Å². The maximum atomic E-state index is 12.5. The van der Waals surface area contributed by atoms with E-state index in [9.17, 15) is 19.4 Å². The molecule has 0 saturated heterocycles. The van der Waals surface area contributed by atoms with Crippen LogP contribution in [0, 0.1) is 0 Å². The summed E-state index contributed by atoms with van der Waals surface area (Å²) >= 11 is 0. The van der Waals surface area contributed by atoms with Crippen molar-refractivity contribution in [3.05, 3.63) is 48.8 Å². The van der Waals surface area contributed by atoms with Crippen molar-refractivity contribution in [3.63, 3.8) is 0 Å². The Morgan fingerprint density at radius 1 is 0.706 bits per heavy atom. The minimum Gasteiger partial charge on any atom is -0.498 e. The van der Waals surface area contributed by atoms with E-state index in [-0.39, 0.29) is 32.8 Å². The van der Waals surface area contributed by atoms with E-state index in [1.807, 2.05) is 24.3 Å². The molecule has 3 atom stereocenters. The Kier molecular flexibility index (Phi) is 36.7. The molecule has 0 fully saturated rings. The van der Waals surface area contributed by atoms with Crippen molar-refractivity contribution in [2.45, 2.75) is 180 Å². The van der Waals surface area contributed by atoms with E-state index in [4.69, 9.17) is 24.3 Å². The zero-order chi connectivity index (χ0) is 37.5. The number of nitrogens with two attached hydrogens (primary N) is 1. The van der Waals surface area contributed by atoms with Gasteiger partial charge in [0.15, 0.2) is 6.10 Å². The van der Waals surface area contributed by atoms with Crippen molar-refractivity contribution in [1.82, 2.24) is 0 Å². The Hall–Kier alpha value is -1.74. The summed E-state index contributed by atoms with van der Waals surface area (Å²) in [6.07, 6.45) is 41.2. The van der Waals surface area contributed by atoms with Crippen molar-refractivity contribution in [1.29, 1.82) is 0 Å². The summed E-state index contributed by atoms with van der Waals surface area (Å²) in [5.41, 5.74) is 5.35. The van der Waals surface area contributed by atoms with Gasteiger partial charge in [0.25, 0.3) is 0 Å². The van der Waals surface area contributed by atoms with Crippen LogP contribution >= 0.6 is 7.82 Å². The lowest BCUT2D eigenvalue weighted by molar-refractivity contribution is -0.153. The van der Waals surface area contributed by atoms with Gasteiger partial charge in [0.1, 0.15) is 6.61 Å². The zero-order valence-electron chi connectivity index (χ0n) is 32.4. The lowest BCUT2D eigenvalue weighted by Crippen LogP contribution is -2.27. The van der Waals surface area contributed by atoms with E-state index < -0.39 is 26.0 Å². The number of unbranched alkanes of at least 4 members (excludes halogenated alkanes) is 19. The highest BCUT2D eigenvalue weighted by molar-refractivity contribution is 7.47. The minimum atomic E-state index is -4.31. The molecule has 2 unspecified atom stereocenters. The van der Waals surface area contributed by atoms with Crippen LogP contribution in [0.1, 0.15) is 168 Å². The average Bonchev–Trinajstić information content (AvgIpc) is 3.11. The third kappa shape index (κ3) is 37.8. The molecule has 0 radical (unpaired) electrons. The zero-order valence-corrected chi connectivity index (χ0v) is 33.3. The van der Waals surface area contributed by atoms with Gasteiger partial charge in [-0.15, -0.1) is 0 Å². The van der Waals surface area contributed by atoms with E-state index in [1.165, 1.54) is 83.5 Å². The van der Waals surface area contributed by atoms with Crippen molar-refractivity contribution in [2.75, 3.05) is 26.4 Å². The number of hydrogen-bond acceptors (Lipinski definition) is 8. The topological polar surface area (TPSA) is 138 Å². The summed E-state index contributed by atoms with van der Waals surface area (Å²) in [5.74, 6) is -0.392. The first kappa shape index (κ1) is 49.3. The summed E-state index contributed by atoms with van der Waals surface area (Å²) in [6, 6.07) is 0. The number of phosphoric acid groups is 1. The van der Waals surface area contributed by atoms with Crippen LogP contribution in [0.3, 0.4) is 0 Å². The number of phosphoric ester groups is 1. The molecular formula is C41H76NO8P. The average molecular weight is 742 g/mol. The molecule has 0 rings (SSSR count). The molecule has 10 heteroatoms. The number of aliphatic hydroxyl groups is 1. The van der Waals surface area contributed by atoms with Crippen LogP contribution in [0.25, 0.3) is 0 Å². The Balaban J connectivity index is 4.19. The summed E-state index contributed by atoms with van der Waals surface area (Å²) in [4.78, 5) is 22.4. The molecule has 0 saturated carbocycles. The highest BCUT2D eigenvalue weighted by Gasteiger charge is 2.25. The third-order valence-corrected chi connectivity index (χ3v) is 9.39. The number of esters is 1. The predicted molar refractivity (Wildman–Crippen MR) is 211 cm³/mol. The number of allylic oxidation sites excluding steroid dienone is 5. The lowest BCUT2D eigenvalue weighted by atomic mass is 10.0. The summed E-state index contributed by atoms with van der Waals surface area (Å²) in [7, 11) is -4.31. The van der Waals surface area contributed by atoms with E-state index in [1.54, 1.807) is 12.3 Å². The van der Waals surface area contributed by atoms with Crippen LogP contribution in [0.5, 0.6) is 0 Å². The Morgan fingerprint density at radius 2 is 1.27 bits per heavy atom. The van der Waals surface area contributed by atoms with Crippen molar-refractivity contribution in [3.8, 4) is 0 Å². The Bertz CT molecular complexity index is 939. The van der Waals surface area contributed by atoms with Gasteiger partial charge in [0, 0.05) is 13.0 Å². The SMILES string of the molecule is CC/C=C/CC(O)/C=C/C=C/CCCCCCCC(=O)O[C@H](CO/C=C/CCCCCCCCCCCCCCCC)COP(=O)(O)OCCN. The molecule has 9 nitrogen and oxygen atoms in total. The highest BCUT2D eigenvalue weighted by Crippen LogP contribution is 2.43. The molecule has 0 heterocycles. The van der Waals surface area contributed by atoms with Gasteiger partial charge < -0.3 is 25.2 Å². The molecule has 51 heavy (non-hydrogen) atoms. The standard InChI is InChI=1S/C41H76NO8P/c1-3-5-7-8-9-10-11-12-13-14-15-16-20-23-26-30-35-47-37-40(38-49-51(45,46)48-36-34-42)50-41(44)33-29-25-22-19-17-18-21-24-28-32-39(43)31-27-6-4-2/h6,21,24,27-28,30,32,35,39-40,43H,3-5,7-20,22-23,25-26,29,31,33-34,36-38,42H2,1-2H3,(H,45,46)/b24-21+,27-6+,32-28+,35-30+/t39?,40-/m1/s1. The summed E-state index contributed by atoms with van der Waals surface area (Å²) < 4.78 is 33.1. The molecule has 0 bridgehead atoms. The second-order valence-electron chi connectivity index (χ2n) is 13.4. The second-order valence-corrected chi connectivity index (χ2v) is 14.8. The molecule has 0 aliphatic carbocycles. The largest absolute Gasteiger partial charge is 0.498 e. The number of carbonyl (C=O) groups excluding carboxylic acids is 1. The fourth-order valence-corrected chi connectivity index (χ4v) is 6.17. The molecule has 0 amide bonds. The molecule has 298 valence electrons. The van der Waals surface area contributed by atoms with Gasteiger partial charge >= 0.3 is 13.8 Å². The number of carbonyl (C=O) groups is 1. The van der Waals surface area contributed by atoms with Crippen LogP contribution in [-0.4, -0.2) is 54.5 Å². The molecule has 0 aromatic heterocycles. The number of hydrogen-bond donors (Lipinski definition) is 3. The van der Waals surface area contributed by atoms with Gasteiger partial charge in [-0.25, -0.2) is 4.57 Å². The van der Waals surface area contributed by atoms with Crippen LogP contribution < -0.4 is 5.73 Å². The number of rotatable bonds is 38. The molecule has 4 N–H and O–H groups in total. The maximum absolute atomic E-state index is 12.5. The molecule has 0 aromatic carbocycles. The van der Waals surface area contributed by atoms with Crippen LogP contribution in [0.15, 0.2) is 48.8 Å². The number of ether oxygens (including phenoxy) is 2. The molecule has 0 aliphatic rings. The molecule has 0 spiro atoms. The molecule has 0 aliphatic heterocycles. The van der Waals surface area contributed by atoms with Gasteiger partial charge in [0.2, 0.25) is 0 Å². The minimum absolute atomic E-state index is 0.00937. The molecular weight excluding hydrogens is 665 g/mol. The fraction of sp³-hybridized carbons (Fsp3) is 0.780. The first-order chi connectivity index (χ1) is 24.8. The predicted octanol–water partition coefficient (Wildman–Crippen LogP) is 11.0. The monoisotopic (exact) mass is 742 g/mol. The van der Waals surface area contributed by atoms with Gasteiger partial charge in [-0.1, -0.05) is 153 Å². The number of aliphatic hydroxyl groups excluding tert-OH is 1. The van der Waals surface area contributed by atoms with Crippen LogP contribution in [0.2, 0.25) is 0 Å². The van der Waals surface area contributed by atoms with E-state index in [2.05, 4.69) is 26.0 Å². The van der Waals surface area contributed by atoms with Gasteiger partial charge in [-0.05, 0) is 51.0 Å². The van der Waals surface area contributed by atoms with Crippen LogP contribution in [0.4, 0.5) is 0 Å². The quantitative estimate of drug-likeness (QED) is 0.0141. The highest BCUT2D eigenvalue weighted by atomic mass is 31.2. The van der Waals surface area contributed by atoms with Crippen molar-refractivity contribution < 1.29 is 37.9 Å². The first-order valence-electron chi connectivity index (χ1n) is 20.3. The van der Waals surface area contributed by atoms with Crippen molar-refractivity contribution >= 4 is 13.8 Å². The smallest absolute Gasteiger partial charge is 0.472 e.